The van der Waals surface area contributed by atoms with Gasteiger partial charge in [-0.25, -0.2) is 0 Å². The molecule has 0 aliphatic rings. The largest absolute Gasteiger partial charge is 0.400 e. The molecule has 0 bridgehead atoms. The fraction of sp³-hybridized carbons (Fsp3) is 0.333. The molecule has 0 rings (SSSR count). The van der Waals surface area contributed by atoms with Gasteiger partial charge in [0.2, 0.25) is 0 Å². The zero-order valence-corrected chi connectivity index (χ0v) is 3.68. The Morgan fingerprint density at radius 3 is 1.00 bits per heavy atom. The average molecular weight is 100 g/mol. The predicted molar refractivity (Wildman–Crippen MR) is 24.4 cm³/mol. The van der Waals surface area contributed by atoms with E-state index in [4.69, 9.17) is 5.11 Å². The normalized spacial score (nSPS) is 1.67. The third kappa shape index (κ3) is 121. The number of aliphatic hydroxyl groups is 1. The Bertz CT molecular complexity index is 8.75. The minimum absolute atomic E-state index is 0. The van der Waals surface area contributed by atoms with Crippen molar-refractivity contribution in [1.82, 2.24) is 0 Å². The van der Waals surface area contributed by atoms with Gasteiger partial charge in [0.25, 0.3) is 0 Å². The molecule has 0 atom stereocenters. The summed E-state index contributed by atoms with van der Waals surface area (Å²) in [4.78, 5) is 0. The van der Waals surface area contributed by atoms with Crippen LogP contribution in [0.25, 0.3) is 0 Å². The van der Waals surface area contributed by atoms with Crippen molar-refractivity contribution in [3.8, 4) is 0 Å². The molecule has 0 aromatic carbocycles. The van der Waals surface area contributed by atoms with Gasteiger partial charge < -0.3 is 5.11 Å². The summed E-state index contributed by atoms with van der Waals surface area (Å²) in [7, 11) is 1.00. The second-order valence-corrected chi connectivity index (χ2v) is 0. The van der Waals surface area contributed by atoms with Gasteiger partial charge in [-0.15, -0.1) is 13.2 Å². The molecule has 42 valence electrons. The standard InChI is InChI=1S/C2H4.CH4O.2FH/c2*1-2;;/h1-2H2;2H,1H3;2*1H. The van der Waals surface area contributed by atoms with E-state index in [0.717, 1.165) is 7.11 Å². The summed E-state index contributed by atoms with van der Waals surface area (Å²) in [6.07, 6.45) is 0. The first-order chi connectivity index (χ1) is 2.00. The van der Waals surface area contributed by atoms with Gasteiger partial charge in [0, 0.05) is 7.11 Å². The second kappa shape index (κ2) is 299. The maximum absolute atomic E-state index is 7.00. The average Bonchev–Trinajstić information content (AvgIpc) is 1.50. The van der Waals surface area contributed by atoms with Crippen LogP contribution < -0.4 is 0 Å². The van der Waals surface area contributed by atoms with Crippen LogP contribution in [0.15, 0.2) is 13.2 Å². The molecule has 3 heteroatoms. The maximum atomic E-state index is 7.00. The number of hydrogen-bond acceptors (Lipinski definition) is 1. The summed E-state index contributed by atoms with van der Waals surface area (Å²) >= 11 is 0. The fourth-order valence-electron chi connectivity index (χ4n) is 0. The number of rotatable bonds is 0. The lowest BCUT2D eigenvalue weighted by Crippen LogP contribution is -1.25. The van der Waals surface area contributed by atoms with Crippen molar-refractivity contribution in [2.75, 3.05) is 7.11 Å². The third-order valence-electron chi connectivity index (χ3n) is 0. The Morgan fingerprint density at radius 1 is 1.00 bits per heavy atom. The molecular weight excluding hydrogens is 90.0 g/mol. The Morgan fingerprint density at radius 2 is 1.00 bits per heavy atom. The topological polar surface area (TPSA) is 20.2 Å². The smallest absolute Gasteiger partial charge is 0.0319 e. The van der Waals surface area contributed by atoms with Crippen LogP contribution in [0.1, 0.15) is 0 Å². The van der Waals surface area contributed by atoms with Gasteiger partial charge in [0.15, 0.2) is 0 Å². The highest BCUT2D eigenvalue weighted by molar-refractivity contribution is 4.22. The molecular formula is C3H10F2O. The first kappa shape index (κ1) is 47.5. The Hall–Kier alpha value is -0.440. The van der Waals surface area contributed by atoms with Gasteiger partial charge in [0.1, 0.15) is 0 Å². The molecule has 0 fully saturated rings. The monoisotopic (exact) mass is 100 g/mol. The van der Waals surface area contributed by atoms with Gasteiger partial charge in [-0.3, -0.25) is 9.41 Å². The van der Waals surface area contributed by atoms with Crippen molar-refractivity contribution >= 4 is 0 Å². The van der Waals surface area contributed by atoms with Crippen molar-refractivity contribution in [2.24, 2.45) is 0 Å². The Labute approximate surface area is 36.0 Å². The van der Waals surface area contributed by atoms with Gasteiger partial charge >= 0.3 is 0 Å². The van der Waals surface area contributed by atoms with E-state index in [1.54, 1.807) is 0 Å². The molecule has 6 heavy (non-hydrogen) atoms. The van der Waals surface area contributed by atoms with Gasteiger partial charge in [-0.1, -0.05) is 0 Å². The predicted octanol–water partition coefficient (Wildman–Crippen LogP) is 0.716. The SMILES string of the molecule is C=C.CO.F.F. The lowest BCUT2D eigenvalue weighted by molar-refractivity contribution is 0.399. The molecule has 0 unspecified atom stereocenters. The Kier molecular flexibility index (Phi) is 2360. The zero-order chi connectivity index (χ0) is 4.00. The first-order valence-corrected chi connectivity index (χ1v) is 0.947. The summed E-state index contributed by atoms with van der Waals surface area (Å²) in [6.45, 7) is 6.00. The fourth-order valence-corrected chi connectivity index (χ4v) is 0. The third-order valence-corrected chi connectivity index (χ3v) is 0. The van der Waals surface area contributed by atoms with Crippen molar-refractivity contribution in [2.45, 2.75) is 0 Å². The van der Waals surface area contributed by atoms with E-state index < -0.39 is 0 Å². The highest BCUT2D eigenvalue weighted by atomic mass is 19.0. The maximum Gasteiger partial charge on any atom is 0.0319 e. The van der Waals surface area contributed by atoms with E-state index in [0.29, 0.717) is 0 Å². The van der Waals surface area contributed by atoms with Crippen molar-refractivity contribution < 1.29 is 14.5 Å². The van der Waals surface area contributed by atoms with Crippen LogP contribution in [0.3, 0.4) is 0 Å². The molecule has 0 spiro atoms. The molecule has 0 saturated heterocycles. The van der Waals surface area contributed by atoms with E-state index in [2.05, 4.69) is 13.2 Å². The van der Waals surface area contributed by atoms with Crippen LogP contribution in [0.2, 0.25) is 0 Å². The van der Waals surface area contributed by atoms with Crippen molar-refractivity contribution in [3.05, 3.63) is 13.2 Å². The van der Waals surface area contributed by atoms with Crippen LogP contribution in [0.5, 0.6) is 0 Å². The van der Waals surface area contributed by atoms with E-state index in [-0.39, 0.29) is 9.41 Å². The summed E-state index contributed by atoms with van der Waals surface area (Å²) in [6, 6.07) is 0. The highest BCUT2D eigenvalue weighted by Gasteiger charge is 0.839. The molecule has 1 N–H and O–H groups in total. The molecule has 0 aliphatic carbocycles. The molecule has 0 saturated carbocycles. The number of aliphatic hydroxyl groups excluding tert-OH is 1. The van der Waals surface area contributed by atoms with Gasteiger partial charge in [-0.2, -0.15) is 0 Å². The summed E-state index contributed by atoms with van der Waals surface area (Å²) in [5.74, 6) is 0. The summed E-state index contributed by atoms with van der Waals surface area (Å²) in [5, 5.41) is 7.00. The molecule has 0 amide bonds. The van der Waals surface area contributed by atoms with Gasteiger partial charge in [-0.05, 0) is 0 Å². The quantitative estimate of drug-likeness (QED) is 0.444. The molecule has 0 aromatic rings. The van der Waals surface area contributed by atoms with Crippen LogP contribution in [0, 0.1) is 0 Å². The van der Waals surface area contributed by atoms with E-state index in [1.165, 1.54) is 0 Å². The lowest BCUT2D eigenvalue weighted by Gasteiger charge is -1.21. The van der Waals surface area contributed by atoms with Gasteiger partial charge in [0.05, 0.1) is 0 Å². The molecule has 0 aromatic heterocycles. The van der Waals surface area contributed by atoms with E-state index >= 15 is 0 Å². The minimum Gasteiger partial charge on any atom is -0.400 e. The van der Waals surface area contributed by atoms with Crippen molar-refractivity contribution in [3.63, 3.8) is 0 Å². The van der Waals surface area contributed by atoms with E-state index in [9.17, 15) is 0 Å². The summed E-state index contributed by atoms with van der Waals surface area (Å²) < 4.78 is 0. The molecule has 0 radical (unpaired) electrons. The highest BCUT2D eigenvalue weighted by Crippen LogP contribution is 0.862. The number of hydrogen-bond donors (Lipinski definition) is 1. The summed E-state index contributed by atoms with van der Waals surface area (Å²) in [5.41, 5.74) is 0. The molecule has 1 nitrogen and oxygen atoms in total. The second-order valence-electron chi connectivity index (χ2n) is 0. The number of halogens is 2. The molecule has 0 aliphatic heterocycles. The minimum atomic E-state index is 0. The van der Waals surface area contributed by atoms with Crippen molar-refractivity contribution in [1.29, 1.82) is 0 Å². The Balaban J connectivity index is -0.00000000500. The lowest BCUT2D eigenvalue weighted by atomic mass is 11.3. The van der Waals surface area contributed by atoms with Crippen LogP contribution >= 0.6 is 0 Å². The van der Waals surface area contributed by atoms with E-state index in [1.807, 2.05) is 0 Å². The van der Waals surface area contributed by atoms with Crippen LogP contribution in [0.4, 0.5) is 9.41 Å². The van der Waals surface area contributed by atoms with Crippen LogP contribution in [-0.4, -0.2) is 12.2 Å². The molecule has 0 heterocycles. The van der Waals surface area contributed by atoms with Crippen LogP contribution in [-0.2, 0) is 0 Å². The zero-order valence-electron chi connectivity index (χ0n) is 3.68. The first-order valence-electron chi connectivity index (χ1n) is 0.947.